The lowest BCUT2D eigenvalue weighted by Gasteiger charge is -2.23. The van der Waals surface area contributed by atoms with E-state index in [0.29, 0.717) is 0 Å². The molecule has 2 heteroatoms. The van der Waals surface area contributed by atoms with Crippen LogP contribution in [0.4, 0.5) is 0 Å². The van der Waals surface area contributed by atoms with Crippen molar-refractivity contribution in [2.24, 2.45) is 0 Å². The second kappa shape index (κ2) is 8.74. The van der Waals surface area contributed by atoms with Crippen LogP contribution in [0.2, 0.25) is 0 Å². The van der Waals surface area contributed by atoms with Crippen LogP contribution in [-0.2, 0) is 5.41 Å². The Labute approximate surface area is 261 Å². The van der Waals surface area contributed by atoms with Crippen LogP contribution >= 0.6 is 0 Å². The van der Waals surface area contributed by atoms with Crippen LogP contribution in [-0.4, -0.2) is 9.13 Å². The van der Waals surface area contributed by atoms with Gasteiger partial charge in [0.05, 0.1) is 22.1 Å². The molecular formula is C43H30N2. The van der Waals surface area contributed by atoms with Crippen LogP contribution < -0.4 is 0 Å². The lowest BCUT2D eigenvalue weighted by molar-refractivity contribution is 0.666. The number of para-hydroxylation sites is 3. The van der Waals surface area contributed by atoms with Crippen molar-refractivity contribution >= 4 is 54.4 Å². The van der Waals surface area contributed by atoms with E-state index >= 15 is 0 Å². The molecule has 2 heterocycles. The lowest BCUT2D eigenvalue weighted by Crippen LogP contribution is -2.15. The molecule has 10 rings (SSSR count). The van der Waals surface area contributed by atoms with E-state index in [-0.39, 0.29) is 5.41 Å². The van der Waals surface area contributed by atoms with Crippen molar-refractivity contribution in [1.29, 1.82) is 0 Å². The third-order valence-electron chi connectivity index (χ3n) is 10.3. The minimum Gasteiger partial charge on any atom is -0.309 e. The standard InChI is InChI=1S/C43H30N2/c1-43(2)37-17-9-6-14-29(37)33-22-25-36-34(41(33)43)23-24-35-31-16-8-11-19-39(31)45(42(35)36)28-20-21-32-30-15-7-10-18-38(30)44(40(32)26-28)27-12-4-3-5-13-27/h3-26H,1-2H3. The smallest absolute Gasteiger partial charge is 0.0619 e. The summed E-state index contributed by atoms with van der Waals surface area (Å²) in [7, 11) is 0. The Kier molecular flexibility index (Phi) is 4.82. The van der Waals surface area contributed by atoms with Crippen LogP contribution in [0.5, 0.6) is 0 Å². The fourth-order valence-electron chi connectivity index (χ4n) is 8.38. The van der Waals surface area contributed by atoms with E-state index in [2.05, 4.69) is 169 Å². The second-order valence-electron chi connectivity index (χ2n) is 13.0. The molecule has 0 spiro atoms. The van der Waals surface area contributed by atoms with Gasteiger partial charge < -0.3 is 9.13 Å². The summed E-state index contributed by atoms with van der Waals surface area (Å²) < 4.78 is 4.91. The zero-order valence-electron chi connectivity index (χ0n) is 25.3. The van der Waals surface area contributed by atoms with Gasteiger partial charge in [0.1, 0.15) is 0 Å². The largest absolute Gasteiger partial charge is 0.309 e. The Morgan fingerprint density at radius 1 is 0.400 bits per heavy atom. The van der Waals surface area contributed by atoms with E-state index in [1.165, 1.54) is 88.0 Å². The Morgan fingerprint density at radius 2 is 0.978 bits per heavy atom. The first-order chi connectivity index (χ1) is 22.1. The number of benzene rings is 7. The van der Waals surface area contributed by atoms with E-state index in [1.54, 1.807) is 0 Å². The maximum absolute atomic E-state index is 2.50. The Bertz CT molecular complexity index is 2670. The highest BCUT2D eigenvalue weighted by Crippen LogP contribution is 2.52. The predicted molar refractivity (Wildman–Crippen MR) is 190 cm³/mol. The van der Waals surface area contributed by atoms with Crippen molar-refractivity contribution in [3.8, 4) is 22.5 Å². The zero-order valence-corrected chi connectivity index (χ0v) is 25.3. The first-order valence-corrected chi connectivity index (χ1v) is 15.8. The molecule has 9 aromatic rings. The van der Waals surface area contributed by atoms with Gasteiger partial charge in [0.15, 0.2) is 0 Å². The second-order valence-corrected chi connectivity index (χ2v) is 13.0. The molecule has 0 unspecified atom stereocenters. The maximum atomic E-state index is 2.50. The van der Waals surface area contributed by atoms with Gasteiger partial charge >= 0.3 is 0 Å². The van der Waals surface area contributed by atoms with E-state index in [0.717, 1.165) is 0 Å². The molecule has 45 heavy (non-hydrogen) atoms. The number of hydrogen-bond acceptors (Lipinski definition) is 0. The van der Waals surface area contributed by atoms with Gasteiger partial charge in [-0.1, -0.05) is 123 Å². The molecule has 0 saturated carbocycles. The van der Waals surface area contributed by atoms with Crippen molar-refractivity contribution in [1.82, 2.24) is 9.13 Å². The molecule has 1 aliphatic carbocycles. The molecule has 2 nitrogen and oxygen atoms in total. The SMILES string of the molecule is CC1(C)c2ccccc2-c2ccc3c(ccc4c5ccccc5n(-c5ccc6c7ccccc7n(-c7ccccc7)c6c5)c34)c21. The molecule has 0 aliphatic heterocycles. The molecule has 0 amide bonds. The molecule has 0 fully saturated rings. The Hall–Kier alpha value is -5.60. The monoisotopic (exact) mass is 574 g/mol. The summed E-state index contributed by atoms with van der Waals surface area (Å²) in [6.07, 6.45) is 0. The van der Waals surface area contributed by atoms with Crippen LogP contribution in [0.3, 0.4) is 0 Å². The molecule has 0 N–H and O–H groups in total. The van der Waals surface area contributed by atoms with Crippen LogP contribution in [0.25, 0.3) is 76.9 Å². The molecule has 212 valence electrons. The summed E-state index contributed by atoms with van der Waals surface area (Å²) in [6, 6.07) is 53.7. The van der Waals surface area contributed by atoms with E-state index in [4.69, 9.17) is 0 Å². The summed E-state index contributed by atoms with van der Waals surface area (Å²) in [4.78, 5) is 0. The highest BCUT2D eigenvalue weighted by molar-refractivity contribution is 6.20. The van der Waals surface area contributed by atoms with Crippen molar-refractivity contribution in [3.05, 3.63) is 157 Å². The highest BCUT2D eigenvalue weighted by atomic mass is 15.0. The Balaban J connectivity index is 1.33. The molecule has 0 saturated heterocycles. The molecule has 0 radical (unpaired) electrons. The van der Waals surface area contributed by atoms with E-state index in [1.807, 2.05) is 0 Å². The molecule has 2 aromatic heterocycles. The van der Waals surface area contributed by atoms with Gasteiger partial charge in [-0.15, -0.1) is 0 Å². The minimum atomic E-state index is -0.0779. The summed E-state index contributed by atoms with van der Waals surface area (Å²) in [6.45, 7) is 4.76. The average Bonchev–Trinajstić information content (AvgIpc) is 3.68. The fraction of sp³-hybridized carbons (Fsp3) is 0.0698. The van der Waals surface area contributed by atoms with Crippen molar-refractivity contribution in [2.75, 3.05) is 0 Å². The third-order valence-corrected chi connectivity index (χ3v) is 10.3. The molecule has 0 bridgehead atoms. The number of fused-ring (bicyclic) bond motifs is 12. The summed E-state index contributed by atoms with van der Waals surface area (Å²) in [5.74, 6) is 0. The molecular weight excluding hydrogens is 544 g/mol. The number of hydrogen-bond donors (Lipinski definition) is 0. The third kappa shape index (κ3) is 3.18. The van der Waals surface area contributed by atoms with Gasteiger partial charge in [0, 0.05) is 43.7 Å². The number of rotatable bonds is 2. The first-order valence-electron chi connectivity index (χ1n) is 15.8. The zero-order chi connectivity index (χ0) is 29.9. The Morgan fingerprint density at radius 3 is 1.80 bits per heavy atom. The minimum absolute atomic E-state index is 0.0779. The van der Waals surface area contributed by atoms with Gasteiger partial charge in [-0.3, -0.25) is 0 Å². The maximum Gasteiger partial charge on any atom is 0.0619 e. The van der Waals surface area contributed by atoms with Crippen LogP contribution in [0.15, 0.2) is 146 Å². The van der Waals surface area contributed by atoms with Crippen LogP contribution in [0.1, 0.15) is 25.0 Å². The highest BCUT2D eigenvalue weighted by Gasteiger charge is 2.37. The topological polar surface area (TPSA) is 9.86 Å². The van der Waals surface area contributed by atoms with Gasteiger partial charge in [-0.2, -0.15) is 0 Å². The normalized spacial score (nSPS) is 13.7. The summed E-state index contributed by atoms with van der Waals surface area (Å²) in [5, 5.41) is 7.74. The quantitative estimate of drug-likeness (QED) is 0.194. The van der Waals surface area contributed by atoms with Crippen molar-refractivity contribution in [3.63, 3.8) is 0 Å². The summed E-state index contributed by atoms with van der Waals surface area (Å²) >= 11 is 0. The van der Waals surface area contributed by atoms with E-state index < -0.39 is 0 Å². The number of nitrogens with zero attached hydrogens (tertiary/aromatic N) is 2. The van der Waals surface area contributed by atoms with Gasteiger partial charge in [-0.05, 0) is 64.0 Å². The fourth-order valence-corrected chi connectivity index (χ4v) is 8.38. The summed E-state index contributed by atoms with van der Waals surface area (Å²) in [5.41, 5.74) is 12.8. The molecule has 7 aromatic carbocycles. The van der Waals surface area contributed by atoms with E-state index in [9.17, 15) is 0 Å². The van der Waals surface area contributed by atoms with Crippen LogP contribution in [0, 0.1) is 0 Å². The predicted octanol–water partition coefficient (Wildman–Crippen LogP) is 11.3. The molecule has 1 aliphatic rings. The van der Waals surface area contributed by atoms with Gasteiger partial charge in [-0.25, -0.2) is 0 Å². The molecule has 0 atom stereocenters. The number of aromatic nitrogens is 2. The van der Waals surface area contributed by atoms with Crippen molar-refractivity contribution in [2.45, 2.75) is 19.3 Å². The van der Waals surface area contributed by atoms with Gasteiger partial charge in [0.25, 0.3) is 0 Å². The lowest BCUT2D eigenvalue weighted by atomic mass is 9.80. The van der Waals surface area contributed by atoms with Gasteiger partial charge in [0.2, 0.25) is 0 Å². The van der Waals surface area contributed by atoms with Crippen molar-refractivity contribution < 1.29 is 0 Å². The average molecular weight is 575 g/mol. The first kappa shape index (κ1) is 24.8.